The van der Waals surface area contributed by atoms with E-state index in [1.54, 1.807) is 24.1 Å². The third-order valence-electron chi connectivity index (χ3n) is 5.11. The predicted molar refractivity (Wildman–Crippen MR) is 96.9 cm³/mol. The van der Waals surface area contributed by atoms with Crippen LogP contribution in [0.15, 0.2) is 42.5 Å². The molecule has 0 aliphatic carbocycles. The second kappa shape index (κ2) is 5.92. The van der Waals surface area contributed by atoms with Crippen LogP contribution < -0.4 is 9.64 Å². The summed E-state index contributed by atoms with van der Waals surface area (Å²) in [6.45, 7) is 0.745. The molecule has 2 amide bonds. The lowest BCUT2D eigenvalue weighted by Gasteiger charge is -2.45. The second-order valence-electron chi connectivity index (χ2n) is 6.62. The van der Waals surface area contributed by atoms with E-state index in [0.29, 0.717) is 11.6 Å². The smallest absolute Gasteiger partial charge is 0.407 e. The minimum atomic E-state index is -1.01. The minimum absolute atomic E-state index is 0.0805. The zero-order valence-corrected chi connectivity index (χ0v) is 14.9. The number of nitrogens with zero attached hydrogens (tertiary/aromatic N) is 2. The molecule has 4 rings (SSSR count). The first-order chi connectivity index (χ1) is 12.4. The Morgan fingerprint density at radius 3 is 2.54 bits per heavy atom. The van der Waals surface area contributed by atoms with Gasteiger partial charge in [-0.15, -0.1) is 0 Å². The van der Waals surface area contributed by atoms with Gasteiger partial charge < -0.3 is 19.6 Å². The van der Waals surface area contributed by atoms with Gasteiger partial charge in [0.2, 0.25) is 5.91 Å². The Hall–Kier alpha value is -2.73. The molecule has 0 atom stereocenters. The Balaban J connectivity index is 1.68. The Bertz CT molecular complexity index is 891. The van der Waals surface area contributed by atoms with Crippen LogP contribution in [-0.2, 0) is 16.8 Å². The monoisotopic (exact) mass is 372 g/mol. The molecule has 0 aromatic heterocycles. The number of likely N-dealkylation sites (tertiary alicyclic amines) is 1. The quantitative estimate of drug-likeness (QED) is 0.898. The summed E-state index contributed by atoms with van der Waals surface area (Å²) in [5, 5.41) is 9.72. The van der Waals surface area contributed by atoms with Crippen molar-refractivity contribution in [3.05, 3.63) is 58.6 Å². The molecule has 2 aliphatic rings. The van der Waals surface area contributed by atoms with Crippen LogP contribution in [-0.4, -0.2) is 42.2 Å². The Morgan fingerprint density at radius 2 is 1.92 bits per heavy atom. The number of carboxylic acid groups (broad SMARTS) is 1. The molecule has 1 fully saturated rings. The fourth-order valence-corrected chi connectivity index (χ4v) is 3.90. The predicted octanol–water partition coefficient (Wildman–Crippen LogP) is 3.13. The molecule has 26 heavy (non-hydrogen) atoms. The van der Waals surface area contributed by atoms with E-state index in [-0.39, 0.29) is 19.0 Å². The topological polar surface area (TPSA) is 70.1 Å². The van der Waals surface area contributed by atoms with E-state index in [9.17, 15) is 14.7 Å². The van der Waals surface area contributed by atoms with Gasteiger partial charge in [-0.05, 0) is 35.4 Å². The van der Waals surface area contributed by atoms with E-state index >= 15 is 0 Å². The summed E-state index contributed by atoms with van der Waals surface area (Å²) in [7, 11) is 1.60. The van der Waals surface area contributed by atoms with E-state index in [1.807, 2.05) is 30.3 Å². The molecule has 0 bridgehead atoms. The second-order valence-corrected chi connectivity index (χ2v) is 7.06. The van der Waals surface area contributed by atoms with Crippen LogP contribution in [0.3, 0.4) is 0 Å². The van der Waals surface area contributed by atoms with Crippen LogP contribution in [0.4, 0.5) is 10.5 Å². The Morgan fingerprint density at radius 1 is 1.23 bits per heavy atom. The lowest BCUT2D eigenvalue weighted by molar-refractivity contribution is -0.128. The number of carbonyl (C=O) groups is 2. The molecule has 6 nitrogen and oxygen atoms in total. The van der Waals surface area contributed by atoms with Crippen molar-refractivity contribution >= 4 is 29.3 Å². The third kappa shape index (κ3) is 2.41. The van der Waals surface area contributed by atoms with Gasteiger partial charge in [-0.3, -0.25) is 4.79 Å². The third-order valence-corrected chi connectivity index (χ3v) is 5.35. The van der Waals surface area contributed by atoms with Crippen LogP contribution in [0, 0.1) is 0 Å². The van der Waals surface area contributed by atoms with Gasteiger partial charge in [0.25, 0.3) is 0 Å². The fourth-order valence-electron chi connectivity index (χ4n) is 3.73. The molecule has 1 saturated heterocycles. The number of hydrogen-bond acceptors (Lipinski definition) is 3. The highest BCUT2D eigenvalue weighted by atomic mass is 35.5. The summed E-state index contributed by atoms with van der Waals surface area (Å²) < 4.78 is 5.17. The number of amides is 2. The average molecular weight is 373 g/mol. The van der Waals surface area contributed by atoms with Crippen LogP contribution >= 0.6 is 11.6 Å². The number of fused-ring (bicyclic) bond motifs is 2. The standard InChI is InChI=1S/C19H17ClN2O4/c1-26-14-5-2-12(3-6-14)9-22-16-8-13(20)4-7-15(16)19(17(22)23)10-21(11-19)18(24)25/h2-8H,9-11H2,1H3,(H,24,25). The zero-order valence-electron chi connectivity index (χ0n) is 14.1. The summed E-state index contributed by atoms with van der Waals surface area (Å²) in [6.07, 6.45) is -1.01. The molecule has 0 saturated carbocycles. The van der Waals surface area contributed by atoms with Gasteiger partial charge in [-0.2, -0.15) is 0 Å². The highest BCUT2D eigenvalue weighted by Gasteiger charge is 2.59. The first kappa shape index (κ1) is 16.7. The number of halogens is 1. The van der Waals surface area contributed by atoms with Crippen LogP contribution in [0.25, 0.3) is 0 Å². The van der Waals surface area contributed by atoms with Gasteiger partial charge in [0, 0.05) is 23.8 Å². The molecule has 2 aliphatic heterocycles. The zero-order chi connectivity index (χ0) is 18.5. The van der Waals surface area contributed by atoms with Gasteiger partial charge in [0.1, 0.15) is 11.2 Å². The summed E-state index contributed by atoms with van der Waals surface area (Å²) in [5.74, 6) is 0.667. The number of hydrogen-bond donors (Lipinski definition) is 1. The van der Waals surface area contributed by atoms with Crippen LogP contribution in [0.1, 0.15) is 11.1 Å². The summed E-state index contributed by atoms with van der Waals surface area (Å²) in [6, 6.07) is 12.9. The number of benzene rings is 2. The molecule has 2 aromatic carbocycles. The van der Waals surface area contributed by atoms with E-state index in [2.05, 4.69) is 0 Å². The molecule has 7 heteroatoms. The molecule has 0 unspecified atom stereocenters. The molecule has 1 N–H and O–H groups in total. The van der Waals surface area contributed by atoms with E-state index in [1.165, 1.54) is 4.90 Å². The van der Waals surface area contributed by atoms with E-state index in [4.69, 9.17) is 16.3 Å². The van der Waals surface area contributed by atoms with E-state index < -0.39 is 11.5 Å². The number of ether oxygens (including phenoxy) is 1. The fraction of sp³-hybridized carbons (Fsp3) is 0.263. The lowest BCUT2D eigenvalue weighted by Crippen LogP contribution is -2.65. The SMILES string of the molecule is COc1ccc(CN2C(=O)C3(CN(C(=O)O)C3)c3ccc(Cl)cc32)cc1. The van der Waals surface area contributed by atoms with Gasteiger partial charge >= 0.3 is 6.09 Å². The van der Waals surface area contributed by atoms with Crippen molar-refractivity contribution in [1.29, 1.82) is 0 Å². The van der Waals surface area contributed by atoms with Crippen molar-refractivity contribution in [3.63, 3.8) is 0 Å². The van der Waals surface area contributed by atoms with E-state index in [0.717, 1.165) is 22.6 Å². The summed E-state index contributed by atoms with van der Waals surface area (Å²) >= 11 is 6.15. The maximum atomic E-state index is 13.2. The highest BCUT2D eigenvalue weighted by Crippen LogP contribution is 2.48. The van der Waals surface area contributed by atoms with Crippen molar-refractivity contribution in [2.75, 3.05) is 25.1 Å². The summed E-state index contributed by atoms with van der Waals surface area (Å²) in [5.41, 5.74) is 1.75. The molecular formula is C19H17ClN2O4. The van der Waals surface area contributed by atoms with Crippen LogP contribution in [0.2, 0.25) is 5.02 Å². The van der Waals surface area contributed by atoms with Crippen molar-refractivity contribution in [3.8, 4) is 5.75 Å². The molecule has 2 aromatic rings. The van der Waals surface area contributed by atoms with Crippen LogP contribution in [0.5, 0.6) is 5.75 Å². The molecule has 134 valence electrons. The highest BCUT2D eigenvalue weighted by molar-refractivity contribution is 6.31. The molecule has 0 radical (unpaired) electrons. The number of anilines is 1. The number of carbonyl (C=O) groups excluding carboxylic acids is 1. The molecular weight excluding hydrogens is 356 g/mol. The van der Waals surface area contributed by atoms with Gasteiger partial charge in [-0.25, -0.2) is 4.79 Å². The minimum Gasteiger partial charge on any atom is -0.497 e. The van der Waals surface area contributed by atoms with Crippen molar-refractivity contribution < 1.29 is 19.4 Å². The van der Waals surface area contributed by atoms with Crippen molar-refractivity contribution in [2.45, 2.75) is 12.0 Å². The Labute approximate surface area is 155 Å². The maximum Gasteiger partial charge on any atom is 0.407 e. The lowest BCUT2D eigenvalue weighted by atomic mass is 9.75. The van der Waals surface area contributed by atoms with Gasteiger partial charge in [-0.1, -0.05) is 29.8 Å². The van der Waals surface area contributed by atoms with Gasteiger partial charge in [0.15, 0.2) is 0 Å². The number of rotatable bonds is 3. The summed E-state index contributed by atoms with van der Waals surface area (Å²) in [4.78, 5) is 27.4. The average Bonchev–Trinajstić information content (AvgIpc) is 2.82. The normalized spacial score (nSPS) is 17.2. The Kier molecular flexibility index (Phi) is 3.80. The number of methoxy groups -OCH3 is 1. The first-order valence-electron chi connectivity index (χ1n) is 8.17. The largest absolute Gasteiger partial charge is 0.497 e. The van der Waals surface area contributed by atoms with Crippen molar-refractivity contribution in [1.82, 2.24) is 4.90 Å². The first-order valence-corrected chi connectivity index (χ1v) is 8.55. The molecule has 2 heterocycles. The van der Waals surface area contributed by atoms with Crippen molar-refractivity contribution in [2.24, 2.45) is 0 Å². The van der Waals surface area contributed by atoms with Gasteiger partial charge in [0.05, 0.1) is 13.7 Å². The molecule has 1 spiro atoms. The maximum absolute atomic E-state index is 13.2.